The van der Waals surface area contributed by atoms with Crippen molar-refractivity contribution in [3.05, 3.63) is 82.1 Å². The first-order chi connectivity index (χ1) is 14.0. The summed E-state index contributed by atoms with van der Waals surface area (Å²) in [6.45, 7) is 0. The highest BCUT2D eigenvalue weighted by Gasteiger charge is 2.15. The monoisotopic (exact) mass is 434 g/mol. The molecule has 144 valence electrons. The summed E-state index contributed by atoms with van der Waals surface area (Å²) in [4.78, 5) is 1.95. The maximum Gasteiger partial charge on any atom is 0.123 e. The molecule has 4 nitrogen and oxygen atoms in total. The zero-order valence-corrected chi connectivity index (χ0v) is 18.4. The summed E-state index contributed by atoms with van der Waals surface area (Å²) in [5.74, 6) is 0. The molecule has 2 aromatic heterocycles. The Kier molecular flexibility index (Phi) is 5.71. The number of aryl methyl sites for hydroxylation is 2. The predicted molar refractivity (Wildman–Crippen MR) is 123 cm³/mol. The van der Waals surface area contributed by atoms with Crippen LogP contribution < -0.4 is 0 Å². The van der Waals surface area contributed by atoms with Gasteiger partial charge < -0.3 is 0 Å². The molecule has 0 saturated carbocycles. The Labute approximate surface area is 183 Å². The normalized spacial score (nSPS) is 10.8. The predicted octanol–water partition coefficient (Wildman–Crippen LogP) is 6.10. The molecule has 0 unspecified atom stereocenters. The van der Waals surface area contributed by atoms with Gasteiger partial charge in [0.1, 0.15) is 20.7 Å². The van der Waals surface area contributed by atoms with Crippen LogP contribution in [-0.2, 0) is 14.1 Å². The third-order valence-electron chi connectivity index (χ3n) is 4.43. The van der Waals surface area contributed by atoms with E-state index in [9.17, 15) is 0 Å². The maximum atomic E-state index is 5.49. The molecule has 0 aliphatic rings. The number of hydrogen-bond acceptors (Lipinski definition) is 5. The van der Waals surface area contributed by atoms with E-state index in [1.807, 2.05) is 62.6 Å². The lowest BCUT2D eigenvalue weighted by atomic mass is 10.1. The third kappa shape index (κ3) is 4.22. The van der Waals surface area contributed by atoms with Crippen LogP contribution in [0.4, 0.5) is 0 Å². The minimum atomic E-state index is 0.668. The van der Waals surface area contributed by atoms with Gasteiger partial charge in [-0.05, 0) is 12.1 Å². The van der Waals surface area contributed by atoms with Gasteiger partial charge in [0, 0.05) is 35.0 Å². The molecule has 2 heterocycles. The highest BCUT2D eigenvalue weighted by atomic mass is 32.2. The summed E-state index contributed by atoms with van der Waals surface area (Å²) in [7, 11) is 3.73. The van der Waals surface area contributed by atoms with Crippen LogP contribution in [0.15, 0.2) is 82.6 Å². The summed E-state index contributed by atoms with van der Waals surface area (Å²) < 4.78 is 4.78. The molecule has 2 aromatic carbocycles. The summed E-state index contributed by atoms with van der Waals surface area (Å²) in [5, 5.41) is 9.44. The molecule has 0 aliphatic heterocycles. The second-order valence-electron chi connectivity index (χ2n) is 6.47. The number of rotatable bonds is 4. The molecule has 0 radical (unpaired) electrons. The largest absolute Gasteiger partial charge is 0.257 e. The number of nitrogens with zero attached hydrogens (tertiary/aromatic N) is 4. The SMILES string of the molecule is Cn1nc(-c2ccccc2)c(Sc2cc(=S)n(C)nc2-c2ccccc2)cc1=S. The van der Waals surface area contributed by atoms with Crippen LogP contribution in [0, 0.1) is 9.28 Å². The standard InChI is InChI=1S/C22H18N4S3/c1-25-19(27)13-17(21(23-25)15-9-5-3-6-10-15)29-18-14-20(28)26(2)24-22(18)16-11-7-4-8-12-16/h3-14H,1-2H3. The van der Waals surface area contributed by atoms with Crippen LogP contribution in [0.3, 0.4) is 0 Å². The summed E-state index contributed by atoms with van der Waals surface area (Å²) in [5.41, 5.74) is 3.83. The van der Waals surface area contributed by atoms with E-state index in [1.54, 1.807) is 21.1 Å². The molecule has 0 bridgehead atoms. The summed E-state index contributed by atoms with van der Waals surface area (Å²) in [6, 6.07) is 24.2. The Morgan fingerprint density at radius 1 is 0.655 bits per heavy atom. The van der Waals surface area contributed by atoms with Crippen LogP contribution in [0.25, 0.3) is 22.5 Å². The van der Waals surface area contributed by atoms with Gasteiger partial charge in [-0.15, -0.1) is 0 Å². The van der Waals surface area contributed by atoms with Crippen LogP contribution in [0.2, 0.25) is 0 Å². The van der Waals surface area contributed by atoms with Gasteiger partial charge in [-0.25, -0.2) is 0 Å². The Morgan fingerprint density at radius 2 is 1.03 bits per heavy atom. The van der Waals surface area contributed by atoms with Crippen LogP contribution in [-0.4, -0.2) is 19.6 Å². The van der Waals surface area contributed by atoms with Crippen molar-refractivity contribution in [2.75, 3.05) is 0 Å². The van der Waals surface area contributed by atoms with E-state index in [1.165, 1.54) is 0 Å². The molecule has 0 N–H and O–H groups in total. The molecule has 4 rings (SSSR count). The fourth-order valence-electron chi connectivity index (χ4n) is 2.91. The lowest BCUT2D eigenvalue weighted by Gasteiger charge is -2.14. The molecule has 7 heteroatoms. The first-order valence-corrected chi connectivity index (χ1v) is 10.6. The highest BCUT2D eigenvalue weighted by molar-refractivity contribution is 7.99. The number of hydrogen-bond donors (Lipinski definition) is 0. The van der Waals surface area contributed by atoms with Crippen LogP contribution in [0.1, 0.15) is 0 Å². The molecule has 0 saturated heterocycles. The third-order valence-corrected chi connectivity index (χ3v) is 6.25. The first kappa shape index (κ1) is 19.7. The van der Waals surface area contributed by atoms with Crippen molar-refractivity contribution in [1.29, 1.82) is 0 Å². The molecule has 0 atom stereocenters. The fourth-order valence-corrected chi connectivity index (χ4v) is 4.47. The quantitative estimate of drug-likeness (QED) is 0.363. The molecular weight excluding hydrogens is 416 g/mol. The van der Waals surface area contributed by atoms with Crippen molar-refractivity contribution in [2.45, 2.75) is 9.79 Å². The minimum absolute atomic E-state index is 0.668. The van der Waals surface area contributed by atoms with Gasteiger partial charge in [-0.1, -0.05) is 96.9 Å². The van der Waals surface area contributed by atoms with Crippen LogP contribution >= 0.6 is 36.2 Å². The number of benzene rings is 2. The Balaban J connectivity index is 1.89. The van der Waals surface area contributed by atoms with Crippen molar-refractivity contribution >= 4 is 36.2 Å². The smallest absolute Gasteiger partial charge is 0.123 e. The van der Waals surface area contributed by atoms with E-state index < -0.39 is 0 Å². The Hall–Kier alpha value is -2.61. The zero-order chi connectivity index (χ0) is 20.4. The molecule has 4 aromatic rings. The average molecular weight is 435 g/mol. The lowest BCUT2D eigenvalue weighted by molar-refractivity contribution is 0.719. The van der Waals surface area contributed by atoms with Gasteiger partial charge in [0.05, 0.1) is 0 Å². The van der Waals surface area contributed by atoms with Crippen molar-refractivity contribution in [1.82, 2.24) is 19.6 Å². The van der Waals surface area contributed by atoms with Crippen LogP contribution in [0.5, 0.6) is 0 Å². The van der Waals surface area contributed by atoms with Crippen molar-refractivity contribution in [3.63, 3.8) is 0 Å². The first-order valence-electron chi connectivity index (χ1n) is 8.98. The second kappa shape index (κ2) is 8.41. The molecular formula is C22H18N4S3. The second-order valence-corrected chi connectivity index (χ2v) is 8.39. The zero-order valence-electron chi connectivity index (χ0n) is 15.9. The van der Waals surface area contributed by atoms with E-state index in [0.717, 1.165) is 32.3 Å². The van der Waals surface area contributed by atoms with E-state index in [4.69, 9.17) is 34.6 Å². The fraction of sp³-hybridized carbons (Fsp3) is 0.0909. The van der Waals surface area contributed by atoms with Gasteiger partial charge in [0.2, 0.25) is 0 Å². The highest BCUT2D eigenvalue weighted by Crippen LogP contribution is 2.38. The van der Waals surface area contributed by atoms with Gasteiger partial charge in [0.25, 0.3) is 0 Å². The lowest BCUT2D eigenvalue weighted by Crippen LogP contribution is -2.04. The van der Waals surface area contributed by atoms with Gasteiger partial charge in [-0.2, -0.15) is 10.2 Å². The van der Waals surface area contributed by atoms with E-state index >= 15 is 0 Å². The van der Waals surface area contributed by atoms with Crippen molar-refractivity contribution < 1.29 is 0 Å². The van der Waals surface area contributed by atoms with E-state index in [2.05, 4.69) is 24.3 Å². The molecule has 29 heavy (non-hydrogen) atoms. The van der Waals surface area contributed by atoms with Gasteiger partial charge in [-0.3, -0.25) is 9.36 Å². The molecule has 0 spiro atoms. The van der Waals surface area contributed by atoms with E-state index in [0.29, 0.717) is 9.28 Å². The van der Waals surface area contributed by atoms with Gasteiger partial charge in [0.15, 0.2) is 0 Å². The summed E-state index contributed by atoms with van der Waals surface area (Å²) in [6.07, 6.45) is 0. The molecule has 0 aliphatic carbocycles. The topological polar surface area (TPSA) is 35.6 Å². The maximum absolute atomic E-state index is 5.49. The minimum Gasteiger partial charge on any atom is -0.257 e. The Morgan fingerprint density at radius 3 is 1.41 bits per heavy atom. The van der Waals surface area contributed by atoms with Crippen molar-refractivity contribution in [3.8, 4) is 22.5 Å². The molecule has 0 fully saturated rings. The average Bonchev–Trinajstić information content (AvgIpc) is 2.74. The van der Waals surface area contributed by atoms with E-state index in [-0.39, 0.29) is 0 Å². The molecule has 0 amide bonds. The Bertz CT molecular complexity index is 1180. The number of aromatic nitrogens is 4. The van der Waals surface area contributed by atoms with Gasteiger partial charge >= 0.3 is 0 Å². The summed E-state index contributed by atoms with van der Waals surface area (Å²) >= 11 is 12.6. The van der Waals surface area contributed by atoms with Crippen molar-refractivity contribution in [2.24, 2.45) is 14.1 Å².